The van der Waals surface area contributed by atoms with E-state index in [-0.39, 0.29) is 11.2 Å². The molecule has 5 aliphatic rings. The number of nitriles is 1. The van der Waals surface area contributed by atoms with E-state index >= 15 is 0 Å². The molecule has 0 aromatic heterocycles. The van der Waals surface area contributed by atoms with Crippen molar-refractivity contribution < 1.29 is 14.6 Å². The van der Waals surface area contributed by atoms with Crippen LogP contribution in [0.3, 0.4) is 0 Å². The van der Waals surface area contributed by atoms with Gasteiger partial charge in [0, 0.05) is 11.8 Å². The van der Waals surface area contributed by atoms with Crippen LogP contribution in [0, 0.1) is 45.8 Å². The highest BCUT2D eigenvalue weighted by molar-refractivity contribution is 5.15. The van der Waals surface area contributed by atoms with Crippen molar-refractivity contribution in [1.29, 1.82) is 5.26 Å². The molecule has 0 unspecified atom stereocenters. The first-order valence-corrected chi connectivity index (χ1v) is 10.8. The molecule has 1 aliphatic heterocycles. The average Bonchev–Trinajstić information content (AvgIpc) is 3.22. The van der Waals surface area contributed by atoms with Crippen LogP contribution < -0.4 is 0 Å². The van der Waals surface area contributed by atoms with Crippen LogP contribution in [0.4, 0.5) is 0 Å². The van der Waals surface area contributed by atoms with Crippen LogP contribution in [0.1, 0.15) is 71.6 Å². The number of hydrogen-bond acceptors (Lipinski definition) is 4. The van der Waals surface area contributed by atoms with Gasteiger partial charge in [0.25, 0.3) is 0 Å². The molecule has 144 valence electrons. The molecule has 0 radical (unpaired) electrons. The Morgan fingerprint density at radius 1 is 0.923 bits per heavy atom. The van der Waals surface area contributed by atoms with Gasteiger partial charge in [-0.15, -0.1) is 0 Å². The Kier molecular flexibility index (Phi) is 3.67. The summed E-state index contributed by atoms with van der Waals surface area (Å²) >= 11 is 0. The number of nitrogens with zero attached hydrogens (tertiary/aromatic N) is 1. The van der Waals surface area contributed by atoms with E-state index in [2.05, 4.69) is 19.9 Å². The highest BCUT2D eigenvalue weighted by Gasteiger charge is 2.67. The molecule has 1 spiro atoms. The predicted octanol–water partition coefficient (Wildman–Crippen LogP) is 4.03. The molecule has 0 amide bonds. The summed E-state index contributed by atoms with van der Waals surface area (Å²) in [6.45, 7) is 6.42. The molecule has 4 heteroatoms. The lowest BCUT2D eigenvalue weighted by Gasteiger charge is -2.61. The Morgan fingerprint density at radius 2 is 1.65 bits per heavy atom. The van der Waals surface area contributed by atoms with Gasteiger partial charge in [0.1, 0.15) is 0 Å². The second kappa shape index (κ2) is 5.46. The number of aliphatic hydroxyl groups is 1. The summed E-state index contributed by atoms with van der Waals surface area (Å²) in [6.07, 6.45) is 9.51. The molecule has 5 fully saturated rings. The lowest BCUT2D eigenvalue weighted by molar-refractivity contribution is -0.248. The van der Waals surface area contributed by atoms with Crippen molar-refractivity contribution >= 4 is 0 Å². The Bertz CT molecular complexity index is 638. The SMILES string of the molecule is C[C@]12CC[C@@](O)(C#N)C[C@@H]1CC[C@H]1[C@H]3CCC4(OCCO4)[C@]3(C)CC[C@@H]12. The monoisotopic (exact) mass is 359 g/mol. The van der Waals surface area contributed by atoms with Gasteiger partial charge in [0.05, 0.1) is 19.3 Å². The first kappa shape index (κ1) is 17.5. The van der Waals surface area contributed by atoms with Crippen molar-refractivity contribution in [3.8, 4) is 6.07 Å². The zero-order valence-corrected chi connectivity index (χ0v) is 16.3. The van der Waals surface area contributed by atoms with E-state index < -0.39 is 5.60 Å². The molecule has 4 nitrogen and oxygen atoms in total. The van der Waals surface area contributed by atoms with Gasteiger partial charge in [-0.05, 0) is 80.5 Å². The van der Waals surface area contributed by atoms with E-state index in [1.165, 1.54) is 32.1 Å². The van der Waals surface area contributed by atoms with E-state index in [4.69, 9.17) is 9.47 Å². The molecule has 4 saturated carbocycles. The van der Waals surface area contributed by atoms with Crippen LogP contribution in [0.2, 0.25) is 0 Å². The van der Waals surface area contributed by atoms with E-state index in [0.717, 1.165) is 37.9 Å². The Hall–Kier alpha value is -0.630. The maximum Gasteiger partial charge on any atom is 0.174 e. The van der Waals surface area contributed by atoms with Crippen molar-refractivity contribution in [3.05, 3.63) is 0 Å². The Morgan fingerprint density at radius 3 is 2.38 bits per heavy atom. The molecular weight excluding hydrogens is 326 g/mol. The summed E-state index contributed by atoms with van der Waals surface area (Å²) in [5.41, 5.74) is -0.625. The van der Waals surface area contributed by atoms with Crippen molar-refractivity contribution in [2.24, 2.45) is 34.5 Å². The lowest BCUT2D eigenvalue weighted by atomic mass is 9.44. The number of rotatable bonds is 0. The number of fused-ring (bicyclic) bond motifs is 6. The third-order valence-corrected chi connectivity index (χ3v) is 9.73. The molecule has 1 heterocycles. The van der Waals surface area contributed by atoms with Gasteiger partial charge in [0.2, 0.25) is 0 Å². The molecule has 0 bridgehead atoms. The molecule has 7 atom stereocenters. The quantitative estimate of drug-likeness (QED) is 0.663. The van der Waals surface area contributed by atoms with E-state index in [1.807, 2.05) is 0 Å². The Labute approximate surface area is 157 Å². The summed E-state index contributed by atoms with van der Waals surface area (Å²) in [5, 5.41) is 20.0. The first-order chi connectivity index (χ1) is 12.4. The zero-order valence-electron chi connectivity index (χ0n) is 16.3. The topological polar surface area (TPSA) is 62.5 Å². The fraction of sp³-hybridized carbons (Fsp3) is 0.955. The maximum atomic E-state index is 10.6. The van der Waals surface area contributed by atoms with Crippen LogP contribution in [0.15, 0.2) is 0 Å². The molecule has 5 rings (SSSR count). The first-order valence-electron chi connectivity index (χ1n) is 10.8. The summed E-state index contributed by atoms with van der Waals surface area (Å²) in [5.74, 6) is 2.39. The molecule has 26 heavy (non-hydrogen) atoms. The summed E-state index contributed by atoms with van der Waals surface area (Å²) in [4.78, 5) is 0. The Balaban J connectivity index is 1.43. The second-order valence-corrected chi connectivity index (χ2v) is 10.4. The minimum absolute atomic E-state index is 0.163. The number of ether oxygens (including phenoxy) is 2. The van der Waals surface area contributed by atoms with Gasteiger partial charge in [-0.2, -0.15) is 5.26 Å². The third-order valence-electron chi connectivity index (χ3n) is 9.73. The van der Waals surface area contributed by atoms with Gasteiger partial charge in [-0.1, -0.05) is 13.8 Å². The van der Waals surface area contributed by atoms with Gasteiger partial charge in [0.15, 0.2) is 11.4 Å². The van der Waals surface area contributed by atoms with Crippen molar-refractivity contribution in [2.75, 3.05) is 13.2 Å². The maximum absolute atomic E-state index is 10.6. The van der Waals surface area contributed by atoms with E-state index in [0.29, 0.717) is 30.1 Å². The minimum atomic E-state index is -1.08. The highest BCUT2D eigenvalue weighted by Crippen LogP contribution is 2.69. The molecule has 1 saturated heterocycles. The van der Waals surface area contributed by atoms with Crippen LogP contribution in [0.25, 0.3) is 0 Å². The zero-order chi connectivity index (χ0) is 18.2. The van der Waals surface area contributed by atoms with Crippen LogP contribution in [-0.2, 0) is 9.47 Å². The van der Waals surface area contributed by atoms with Crippen LogP contribution in [-0.4, -0.2) is 29.7 Å². The third kappa shape index (κ3) is 2.06. The van der Waals surface area contributed by atoms with Crippen LogP contribution in [0.5, 0.6) is 0 Å². The van der Waals surface area contributed by atoms with Crippen molar-refractivity contribution in [2.45, 2.75) is 83.0 Å². The van der Waals surface area contributed by atoms with Crippen molar-refractivity contribution in [3.63, 3.8) is 0 Å². The summed E-state index contributed by atoms with van der Waals surface area (Å²) < 4.78 is 12.5. The predicted molar refractivity (Wildman–Crippen MR) is 96.9 cm³/mol. The summed E-state index contributed by atoms with van der Waals surface area (Å²) in [6, 6.07) is 2.20. The van der Waals surface area contributed by atoms with E-state index in [9.17, 15) is 10.4 Å². The molecular formula is C22H33NO3. The molecule has 0 aromatic rings. The molecule has 1 N–H and O–H groups in total. The van der Waals surface area contributed by atoms with Gasteiger partial charge in [-0.3, -0.25) is 0 Å². The second-order valence-electron chi connectivity index (χ2n) is 10.4. The average molecular weight is 360 g/mol. The minimum Gasteiger partial charge on any atom is -0.375 e. The molecule has 4 aliphatic carbocycles. The number of hydrogen-bond donors (Lipinski definition) is 1. The van der Waals surface area contributed by atoms with Gasteiger partial charge in [-0.25, -0.2) is 0 Å². The summed E-state index contributed by atoms with van der Waals surface area (Å²) in [7, 11) is 0. The van der Waals surface area contributed by atoms with Crippen molar-refractivity contribution in [1.82, 2.24) is 0 Å². The molecule has 0 aromatic carbocycles. The van der Waals surface area contributed by atoms with Crippen LogP contribution >= 0.6 is 0 Å². The smallest absolute Gasteiger partial charge is 0.174 e. The van der Waals surface area contributed by atoms with Gasteiger partial charge < -0.3 is 14.6 Å². The normalized spacial score (nSPS) is 55.0. The lowest BCUT2D eigenvalue weighted by Crippen LogP contribution is -2.58. The van der Waals surface area contributed by atoms with E-state index in [1.54, 1.807) is 0 Å². The van der Waals surface area contributed by atoms with Gasteiger partial charge >= 0.3 is 0 Å². The highest BCUT2D eigenvalue weighted by atomic mass is 16.7. The standard InChI is InChI=1S/C22H33NO3/c1-19-9-10-21(24,14-23)13-15(19)3-4-16-17(19)5-7-20(2)18(16)6-8-22(20)25-11-12-26-22/h15-18,24H,3-13H2,1-2H3/t15-,16+,17-,18+,19-,20+,21-/m0/s1. The fourth-order valence-corrected chi connectivity index (χ4v) is 8.23. The fourth-order valence-electron chi connectivity index (χ4n) is 8.23. The largest absolute Gasteiger partial charge is 0.375 e.